The second-order valence-electron chi connectivity index (χ2n) is 7.02. The summed E-state index contributed by atoms with van der Waals surface area (Å²) in [5.74, 6) is -0.150. The van der Waals surface area contributed by atoms with Crippen molar-refractivity contribution in [2.45, 2.75) is 6.54 Å². The van der Waals surface area contributed by atoms with Gasteiger partial charge in [0.1, 0.15) is 9.88 Å². The van der Waals surface area contributed by atoms with E-state index in [0.717, 1.165) is 37.5 Å². The maximum atomic E-state index is 12.6. The topological polar surface area (TPSA) is 42.0 Å². The van der Waals surface area contributed by atoms with Gasteiger partial charge in [-0.1, -0.05) is 84.4 Å². The predicted octanol–water partition coefficient (Wildman–Crippen LogP) is 7.28. The quantitative estimate of drug-likeness (QED) is 0.299. The number of benzene rings is 3. The number of nitrogens with zero attached hydrogens (tertiary/aromatic N) is 1. The molecule has 0 bridgehead atoms. The molecule has 0 fully saturated rings. The van der Waals surface area contributed by atoms with E-state index in [1.54, 1.807) is 11.3 Å². The molecule has 1 N–H and O–H groups in total. The first kappa shape index (κ1) is 19.9. The van der Waals surface area contributed by atoms with Crippen molar-refractivity contribution in [3.8, 4) is 21.8 Å². The van der Waals surface area contributed by atoms with E-state index in [0.29, 0.717) is 16.4 Å². The monoisotopic (exact) mass is 460 g/mol. The highest BCUT2D eigenvalue weighted by Gasteiger charge is 2.16. The molecule has 0 atom stereocenters. The molecule has 5 aromatic rings. The number of thiophene rings is 1. The van der Waals surface area contributed by atoms with Gasteiger partial charge in [-0.25, -0.2) is 4.98 Å². The van der Waals surface area contributed by atoms with Crippen LogP contribution in [0.1, 0.15) is 15.2 Å². The zero-order valence-corrected chi connectivity index (χ0v) is 18.7. The number of carbonyl (C=O) groups is 1. The van der Waals surface area contributed by atoms with Gasteiger partial charge in [-0.2, -0.15) is 0 Å². The zero-order chi connectivity index (χ0) is 21.2. The summed E-state index contributed by atoms with van der Waals surface area (Å²) < 4.78 is 1.01. The van der Waals surface area contributed by atoms with Crippen molar-refractivity contribution < 1.29 is 4.79 Å². The van der Waals surface area contributed by atoms with E-state index >= 15 is 0 Å². The van der Waals surface area contributed by atoms with Gasteiger partial charge in [-0.15, -0.1) is 22.7 Å². The Kier molecular flexibility index (Phi) is 5.55. The summed E-state index contributed by atoms with van der Waals surface area (Å²) in [6.45, 7) is 0.441. The van der Waals surface area contributed by atoms with Crippen molar-refractivity contribution in [1.29, 1.82) is 0 Å². The highest BCUT2D eigenvalue weighted by molar-refractivity contribution is 7.21. The Bertz CT molecular complexity index is 1360. The van der Waals surface area contributed by atoms with Gasteiger partial charge >= 0.3 is 0 Å². The van der Waals surface area contributed by atoms with Gasteiger partial charge in [0.2, 0.25) is 0 Å². The third kappa shape index (κ3) is 4.12. The third-order valence-corrected chi connectivity index (χ3v) is 7.53. The van der Waals surface area contributed by atoms with Crippen molar-refractivity contribution in [3.63, 3.8) is 0 Å². The van der Waals surface area contributed by atoms with Crippen molar-refractivity contribution in [3.05, 3.63) is 99.7 Å². The summed E-state index contributed by atoms with van der Waals surface area (Å²) in [7, 11) is 0. The number of rotatable bonds is 5. The van der Waals surface area contributed by atoms with Gasteiger partial charge in [0.05, 0.1) is 10.7 Å². The minimum absolute atomic E-state index is 0.150. The first-order valence-electron chi connectivity index (χ1n) is 9.74. The molecular weight excluding hydrogens is 444 g/mol. The van der Waals surface area contributed by atoms with Crippen molar-refractivity contribution in [2.24, 2.45) is 0 Å². The van der Waals surface area contributed by atoms with E-state index in [9.17, 15) is 4.79 Å². The number of amides is 1. The number of fused-ring (bicyclic) bond motifs is 1. The van der Waals surface area contributed by atoms with Crippen LogP contribution >= 0.6 is 34.3 Å². The van der Waals surface area contributed by atoms with Gasteiger partial charge in [-0.05, 0) is 11.6 Å². The Labute approximate surface area is 193 Å². The van der Waals surface area contributed by atoms with Crippen molar-refractivity contribution >= 4 is 50.3 Å². The van der Waals surface area contributed by atoms with E-state index < -0.39 is 0 Å². The summed E-state index contributed by atoms with van der Waals surface area (Å²) >= 11 is 9.46. The number of halogens is 1. The lowest BCUT2D eigenvalue weighted by Crippen LogP contribution is -2.22. The lowest BCUT2D eigenvalue weighted by atomic mass is 10.1. The molecule has 0 aliphatic heterocycles. The maximum Gasteiger partial charge on any atom is 0.263 e. The molecule has 0 aliphatic rings. The van der Waals surface area contributed by atoms with Crippen LogP contribution < -0.4 is 5.32 Å². The molecule has 2 aromatic heterocycles. The number of carbonyl (C=O) groups excluding carboxylic acids is 1. The second kappa shape index (κ2) is 8.63. The Morgan fingerprint density at radius 1 is 0.903 bits per heavy atom. The van der Waals surface area contributed by atoms with E-state index in [4.69, 9.17) is 16.6 Å². The largest absolute Gasteiger partial charge is 0.347 e. The number of hydrogen-bond acceptors (Lipinski definition) is 4. The van der Waals surface area contributed by atoms with Crippen LogP contribution in [0, 0.1) is 0 Å². The summed E-state index contributed by atoms with van der Waals surface area (Å²) in [6.07, 6.45) is 0. The first-order chi connectivity index (χ1) is 15.2. The summed E-state index contributed by atoms with van der Waals surface area (Å²) in [4.78, 5) is 18.0. The normalized spacial score (nSPS) is 11.0. The molecule has 2 heterocycles. The molecule has 6 heteroatoms. The highest BCUT2D eigenvalue weighted by Crippen LogP contribution is 2.35. The Morgan fingerprint density at radius 2 is 1.65 bits per heavy atom. The van der Waals surface area contributed by atoms with Crippen LogP contribution in [0.5, 0.6) is 0 Å². The molecule has 152 valence electrons. The molecule has 5 rings (SSSR count). The number of hydrogen-bond donors (Lipinski definition) is 1. The summed E-state index contributed by atoms with van der Waals surface area (Å²) in [5, 5.41) is 7.47. The fraction of sp³-hybridized carbons (Fsp3) is 0.0400. The van der Waals surface area contributed by atoms with Crippen LogP contribution in [-0.4, -0.2) is 10.9 Å². The molecule has 0 aliphatic carbocycles. The van der Waals surface area contributed by atoms with Crippen LogP contribution in [0.25, 0.3) is 31.9 Å². The standard InChI is InChI=1S/C25H17ClN2OS2/c26-22-19-8-4-5-9-21(19)31-23(22)24(29)27-14-16-10-12-18(13-11-16)25-28-20(15-30-25)17-6-2-1-3-7-17/h1-13,15H,14H2,(H,27,29). The van der Waals surface area contributed by atoms with Crippen LogP contribution in [0.3, 0.4) is 0 Å². The predicted molar refractivity (Wildman–Crippen MR) is 131 cm³/mol. The lowest BCUT2D eigenvalue weighted by molar-refractivity contribution is 0.0955. The van der Waals surface area contributed by atoms with Gasteiger partial charge in [0, 0.05) is 33.1 Å². The molecular formula is C25H17ClN2OS2. The molecule has 0 unspecified atom stereocenters. The fourth-order valence-electron chi connectivity index (χ4n) is 3.34. The molecule has 3 aromatic carbocycles. The Hall–Kier alpha value is -2.99. The molecule has 0 saturated carbocycles. The zero-order valence-electron chi connectivity index (χ0n) is 16.3. The van der Waals surface area contributed by atoms with Crippen molar-refractivity contribution in [1.82, 2.24) is 10.3 Å². The highest BCUT2D eigenvalue weighted by atomic mass is 35.5. The van der Waals surface area contributed by atoms with Crippen LogP contribution in [0.15, 0.2) is 84.2 Å². The first-order valence-corrected chi connectivity index (χ1v) is 11.8. The molecule has 0 saturated heterocycles. The third-order valence-electron chi connectivity index (χ3n) is 4.97. The smallest absolute Gasteiger partial charge is 0.263 e. The minimum Gasteiger partial charge on any atom is -0.347 e. The van der Waals surface area contributed by atoms with Gasteiger partial charge in [0.25, 0.3) is 5.91 Å². The molecule has 3 nitrogen and oxygen atoms in total. The van der Waals surface area contributed by atoms with Gasteiger partial charge in [0.15, 0.2) is 0 Å². The minimum atomic E-state index is -0.150. The lowest BCUT2D eigenvalue weighted by Gasteiger charge is -2.05. The molecule has 31 heavy (non-hydrogen) atoms. The SMILES string of the molecule is O=C(NCc1ccc(-c2nc(-c3ccccc3)cs2)cc1)c1sc2ccccc2c1Cl. The van der Waals surface area contributed by atoms with E-state index in [-0.39, 0.29) is 5.91 Å². The number of nitrogens with one attached hydrogen (secondary N) is 1. The van der Waals surface area contributed by atoms with Gasteiger partial charge < -0.3 is 5.32 Å². The molecule has 0 radical (unpaired) electrons. The second-order valence-corrected chi connectivity index (χ2v) is 9.31. The fourth-order valence-corrected chi connectivity index (χ4v) is 5.60. The van der Waals surface area contributed by atoms with Crippen LogP contribution in [-0.2, 0) is 6.54 Å². The van der Waals surface area contributed by atoms with E-state index in [1.165, 1.54) is 11.3 Å². The average Bonchev–Trinajstić information content (AvgIpc) is 3.44. The number of aromatic nitrogens is 1. The Morgan fingerprint density at radius 3 is 2.42 bits per heavy atom. The van der Waals surface area contributed by atoms with E-state index in [1.807, 2.05) is 66.7 Å². The van der Waals surface area contributed by atoms with Crippen LogP contribution in [0.2, 0.25) is 5.02 Å². The summed E-state index contributed by atoms with van der Waals surface area (Å²) in [5.41, 5.74) is 4.19. The average molecular weight is 461 g/mol. The van der Waals surface area contributed by atoms with E-state index in [2.05, 4.69) is 22.8 Å². The van der Waals surface area contributed by atoms with Crippen molar-refractivity contribution in [2.75, 3.05) is 0 Å². The maximum absolute atomic E-state index is 12.6. The molecule has 1 amide bonds. The summed E-state index contributed by atoms with van der Waals surface area (Å²) in [6, 6.07) is 26.1. The Balaban J connectivity index is 1.27. The van der Waals surface area contributed by atoms with Crippen LogP contribution in [0.4, 0.5) is 0 Å². The van der Waals surface area contributed by atoms with Gasteiger partial charge in [-0.3, -0.25) is 4.79 Å². The molecule has 0 spiro atoms. The number of thiazole rings is 1.